The number of nitrogens with two attached hydrogens (primary N) is 1. The van der Waals surface area contributed by atoms with Crippen LogP contribution in [0.15, 0.2) is 48.8 Å². The van der Waals surface area contributed by atoms with Crippen molar-refractivity contribution in [1.29, 1.82) is 0 Å². The van der Waals surface area contributed by atoms with Crippen LogP contribution in [-0.4, -0.2) is 32.6 Å². The predicted octanol–water partition coefficient (Wildman–Crippen LogP) is 4.80. The Morgan fingerprint density at radius 3 is 2.51 bits per heavy atom. The highest BCUT2D eigenvalue weighted by Crippen LogP contribution is 2.44. The number of nitrogens with zero attached hydrogens (tertiary/aromatic N) is 2. The fraction of sp³-hybridized carbons (Fsp3) is 0.346. The number of carbonyl (C=O) groups excluding carboxylic acids is 1. The summed E-state index contributed by atoms with van der Waals surface area (Å²) in [5, 5.41) is 13.7. The molecule has 35 heavy (non-hydrogen) atoms. The number of rotatable bonds is 5. The summed E-state index contributed by atoms with van der Waals surface area (Å²) in [5.41, 5.74) is 5.16. The largest absolute Gasteiger partial charge is 0.388 e. The number of benzene rings is 1. The molecule has 4 N–H and O–H groups in total. The molecule has 9 heteroatoms. The smallest absolute Gasteiger partial charge is 0.274 e. The van der Waals surface area contributed by atoms with E-state index in [1.54, 1.807) is 12.3 Å². The molecule has 2 aromatic heterocycles. The summed E-state index contributed by atoms with van der Waals surface area (Å²) in [6.45, 7) is 3.87. The van der Waals surface area contributed by atoms with Gasteiger partial charge in [0.15, 0.2) is 0 Å². The van der Waals surface area contributed by atoms with Crippen molar-refractivity contribution in [2.45, 2.75) is 50.7 Å². The Bertz CT molecular complexity index is 1220. The van der Waals surface area contributed by atoms with Crippen molar-refractivity contribution in [3.05, 3.63) is 77.5 Å². The maximum absolute atomic E-state index is 14.4. The van der Waals surface area contributed by atoms with Crippen molar-refractivity contribution in [2.75, 3.05) is 5.32 Å². The van der Waals surface area contributed by atoms with Gasteiger partial charge in [0.2, 0.25) is 0 Å². The third kappa shape index (κ3) is 4.66. The second-order valence-electron chi connectivity index (χ2n) is 9.06. The van der Waals surface area contributed by atoms with Crippen LogP contribution < -0.4 is 11.1 Å². The molecule has 1 aliphatic rings. The van der Waals surface area contributed by atoms with Gasteiger partial charge in [-0.3, -0.25) is 9.78 Å². The topological polar surface area (TPSA) is 101 Å². The number of aromatic nitrogens is 2. The first-order valence-corrected chi connectivity index (χ1v) is 11.5. The molecule has 1 aliphatic carbocycles. The lowest BCUT2D eigenvalue weighted by Crippen LogP contribution is -2.56. The maximum Gasteiger partial charge on any atom is 0.274 e. The van der Waals surface area contributed by atoms with Gasteiger partial charge in [-0.15, -0.1) is 0 Å². The van der Waals surface area contributed by atoms with Crippen molar-refractivity contribution in [2.24, 2.45) is 11.7 Å². The zero-order valence-corrected chi connectivity index (χ0v) is 19.4. The number of hydrogen-bond donors (Lipinski definition) is 3. The highest BCUT2D eigenvalue weighted by molar-refractivity contribution is 6.03. The quantitative estimate of drug-likeness (QED) is 0.483. The molecule has 1 fully saturated rings. The molecule has 2 heterocycles. The Labute approximate surface area is 201 Å². The van der Waals surface area contributed by atoms with Gasteiger partial charge in [0.25, 0.3) is 5.91 Å². The SMILES string of the molecule is CC[C@]1(O)[C@H](C)C[C@H](c2ccncc2NC(=O)c2ccc(F)c(-c3c(F)cccc3F)n2)C[C@@H]1N. The van der Waals surface area contributed by atoms with E-state index < -0.39 is 46.3 Å². The minimum atomic E-state index is -0.988. The highest BCUT2D eigenvalue weighted by Gasteiger charge is 2.44. The molecule has 3 aromatic rings. The summed E-state index contributed by atoms with van der Waals surface area (Å²) in [5.74, 6) is -3.71. The average Bonchev–Trinajstić information content (AvgIpc) is 2.83. The van der Waals surface area contributed by atoms with E-state index >= 15 is 0 Å². The standard InChI is InChI=1S/C26H27F3N4O2/c1-3-26(35)14(2)11-15(12-22(26)30)16-9-10-31-13-21(16)33-25(34)20-8-7-19(29)24(32-20)23-17(27)5-4-6-18(23)28/h4-10,13-15,22,35H,3,11-12,30H2,1-2H3,(H,33,34)/t14-,15+,22+,26+/m1/s1. The highest BCUT2D eigenvalue weighted by atomic mass is 19.1. The van der Waals surface area contributed by atoms with Crippen LogP contribution in [0.3, 0.4) is 0 Å². The lowest BCUT2D eigenvalue weighted by molar-refractivity contribution is -0.0651. The first-order chi connectivity index (χ1) is 16.7. The molecular formula is C26H27F3N4O2. The summed E-state index contributed by atoms with van der Waals surface area (Å²) >= 11 is 0. The Morgan fingerprint density at radius 1 is 1.14 bits per heavy atom. The van der Waals surface area contributed by atoms with Crippen molar-refractivity contribution in [3.63, 3.8) is 0 Å². The van der Waals surface area contributed by atoms with E-state index in [0.29, 0.717) is 24.9 Å². The van der Waals surface area contributed by atoms with Crippen LogP contribution in [-0.2, 0) is 0 Å². The minimum Gasteiger partial charge on any atom is -0.388 e. The fourth-order valence-corrected chi connectivity index (χ4v) is 4.99. The fourth-order valence-electron chi connectivity index (χ4n) is 4.99. The van der Waals surface area contributed by atoms with Crippen LogP contribution in [0.4, 0.5) is 18.9 Å². The number of aliphatic hydroxyl groups is 1. The summed E-state index contributed by atoms with van der Waals surface area (Å²) < 4.78 is 42.8. The monoisotopic (exact) mass is 484 g/mol. The minimum absolute atomic E-state index is 0.0330. The van der Waals surface area contributed by atoms with E-state index in [9.17, 15) is 23.1 Å². The molecular weight excluding hydrogens is 457 g/mol. The van der Waals surface area contributed by atoms with Gasteiger partial charge in [-0.05, 0) is 67.0 Å². The molecule has 0 radical (unpaired) electrons. The molecule has 184 valence electrons. The van der Waals surface area contributed by atoms with Gasteiger partial charge in [-0.2, -0.15) is 0 Å². The van der Waals surface area contributed by atoms with Gasteiger partial charge in [0.05, 0.1) is 23.0 Å². The number of carbonyl (C=O) groups is 1. The van der Waals surface area contributed by atoms with E-state index in [1.807, 2.05) is 13.8 Å². The summed E-state index contributed by atoms with van der Waals surface area (Å²) in [7, 11) is 0. The van der Waals surface area contributed by atoms with Crippen molar-refractivity contribution in [1.82, 2.24) is 9.97 Å². The number of halogens is 3. The second kappa shape index (κ2) is 9.75. The molecule has 4 rings (SSSR count). The molecule has 0 aliphatic heterocycles. The first-order valence-electron chi connectivity index (χ1n) is 11.5. The molecule has 0 saturated heterocycles. The number of nitrogens with one attached hydrogen (secondary N) is 1. The predicted molar refractivity (Wildman–Crippen MR) is 126 cm³/mol. The van der Waals surface area contributed by atoms with Gasteiger partial charge in [0.1, 0.15) is 28.8 Å². The van der Waals surface area contributed by atoms with Gasteiger partial charge < -0.3 is 16.2 Å². The number of hydrogen-bond acceptors (Lipinski definition) is 5. The van der Waals surface area contributed by atoms with Crippen molar-refractivity contribution >= 4 is 11.6 Å². The molecule has 0 bridgehead atoms. The maximum atomic E-state index is 14.4. The Balaban J connectivity index is 1.62. The van der Waals surface area contributed by atoms with Crippen LogP contribution in [0.25, 0.3) is 11.3 Å². The van der Waals surface area contributed by atoms with Crippen LogP contribution in [0.5, 0.6) is 0 Å². The third-order valence-electron chi connectivity index (χ3n) is 7.06. The van der Waals surface area contributed by atoms with E-state index in [-0.39, 0.29) is 17.5 Å². The van der Waals surface area contributed by atoms with Gasteiger partial charge >= 0.3 is 0 Å². The Hall–Kier alpha value is -3.30. The van der Waals surface area contributed by atoms with E-state index in [0.717, 1.165) is 35.9 Å². The Kier molecular flexibility index (Phi) is 6.91. The number of amides is 1. The first kappa shape index (κ1) is 24.8. The summed E-state index contributed by atoms with van der Waals surface area (Å²) in [6, 6.07) is 6.58. The van der Waals surface area contributed by atoms with Gasteiger partial charge in [0, 0.05) is 12.2 Å². The van der Waals surface area contributed by atoms with Crippen LogP contribution >= 0.6 is 0 Å². The van der Waals surface area contributed by atoms with Crippen LogP contribution in [0, 0.1) is 23.4 Å². The van der Waals surface area contributed by atoms with Crippen molar-refractivity contribution in [3.8, 4) is 11.3 Å². The normalized spacial score (nSPS) is 24.3. The Morgan fingerprint density at radius 2 is 1.86 bits per heavy atom. The lowest BCUT2D eigenvalue weighted by atomic mass is 9.66. The van der Waals surface area contributed by atoms with Crippen LogP contribution in [0.1, 0.15) is 55.1 Å². The molecule has 0 spiro atoms. The summed E-state index contributed by atoms with van der Waals surface area (Å²) in [4.78, 5) is 21.0. The molecule has 1 amide bonds. The van der Waals surface area contributed by atoms with E-state index in [4.69, 9.17) is 5.73 Å². The van der Waals surface area contributed by atoms with E-state index in [2.05, 4.69) is 15.3 Å². The molecule has 6 nitrogen and oxygen atoms in total. The average molecular weight is 485 g/mol. The number of pyridine rings is 2. The zero-order chi connectivity index (χ0) is 25.3. The third-order valence-corrected chi connectivity index (χ3v) is 7.06. The van der Waals surface area contributed by atoms with E-state index in [1.165, 1.54) is 6.20 Å². The summed E-state index contributed by atoms with van der Waals surface area (Å²) in [6.07, 6.45) is 4.83. The zero-order valence-electron chi connectivity index (χ0n) is 19.4. The van der Waals surface area contributed by atoms with Crippen LogP contribution in [0.2, 0.25) is 0 Å². The van der Waals surface area contributed by atoms with Gasteiger partial charge in [-0.25, -0.2) is 18.2 Å². The molecule has 1 aromatic carbocycles. The van der Waals surface area contributed by atoms with Gasteiger partial charge in [-0.1, -0.05) is 19.9 Å². The second-order valence-corrected chi connectivity index (χ2v) is 9.06. The van der Waals surface area contributed by atoms with Crippen molar-refractivity contribution < 1.29 is 23.1 Å². The molecule has 0 unspecified atom stereocenters. The lowest BCUT2D eigenvalue weighted by Gasteiger charge is -2.46. The number of anilines is 1. The molecule has 1 saturated carbocycles. The molecule has 4 atom stereocenters.